The second kappa shape index (κ2) is 8.95. The molecule has 3 aromatic rings. The second-order valence-corrected chi connectivity index (χ2v) is 7.68. The first-order chi connectivity index (χ1) is 13.8. The first kappa shape index (κ1) is 18.6. The smallest absolute Gasteiger partial charge is 0.274 e. The minimum absolute atomic E-state index is 0.155. The molecule has 0 aromatic carbocycles. The normalized spacial score (nSPS) is 17.1. The standard InChI is InChI=1S/C21H23N5OS/c27-20(19-5-3-13-26(19)14-16-8-11-22-12-9-16)25-21-24-18(15-28-21)7-6-17-4-1-2-10-23-17/h3,5-9,11-13,15,17,23H,1-2,4,10,14H2,(H,24,25,27)/b7-6+/t17-/m0/s1. The Hall–Kier alpha value is -2.77. The zero-order valence-electron chi connectivity index (χ0n) is 15.5. The molecule has 1 saturated heterocycles. The lowest BCUT2D eigenvalue weighted by molar-refractivity contribution is 0.101. The van der Waals surface area contributed by atoms with Crippen LogP contribution in [0.2, 0.25) is 0 Å². The number of carbonyl (C=O) groups is 1. The molecular formula is C21H23N5OS. The average Bonchev–Trinajstić information content (AvgIpc) is 3.37. The van der Waals surface area contributed by atoms with E-state index in [1.165, 1.54) is 30.6 Å². The summed E-state index contributed by atoms with van der Waals surface area (Å²) in [7, 11) is 0. The number of aromatic nitrogens is 3. The number of rotatable bonds is 6. The lowest BCUT2D eigenvalue weighted by Crippen LogP contribution is -2.31. The highest BCUT2D eigenvalue weighted by molar-refractivity contribution is 7.14. The number of carbonyl (C=O) groups excluding carboxylic acids is 1. The maximum absolute atomic E-state index is 12.7. The topological polar surface area (TPSA) is 71.8 Å². The van der Waals surface area contributed by atoms with Gasteiger partial charge in [0.2, 0.25) is 0 Å². The van der Waals surface area contributed by atoms with Crippen molar-refractivity contribution in [1.82, 2.24) is 19.9 Å². The van der Waals surface area contributed by atoms with E-state index in [9.17, 15) is 4.79 Å². The summed E-state index contributed by atoms with van der Waals surface area (Å²) in [5.41, 5.74) is 2.58. The van der Waals surface area contributed by atoms with Crippen LogP contribution in [0.25, 0.3) is 6.08 Å². The zero-order valence-corrected chi connectivity index (χ0v) is 16.4. The van der Waals surface area contributed by atoms with Gasteiger partial charge in [-0.1, -0.05) is 12.5 Å². The Balaban J connectivity index is 1.39. The van der Waals surface area contributed by atoms with Crippen molar-refractivity contribution in [3.63, 3.8) is 0 Å². The van der Waals surface area contributed by atoms with Gasteiger partial charge in [-0.05, 0) is 55.3 Å². The van der Waals surface area contributed by atoms with Crippen LogP contribution >= 0.6 is 11.3 Å². The van der Waals surface area contributed by atoms with Crippen molar-refractivity contribution in [3.05, 3.63) is 71.3 Å². The molecule has 0 radical (unpaired) electrons. The molecule has 144 valence electrons. The van der Waals surface area contributed by atoms with Crippen LogP contribution in [0.3, 0.4) is 0 Å². The van der Waals surface area contributed by atoms with Gasteiger partial charge < -0.3 is 9.88 Å². The molecule has 0 saturated carbocycles. The third-order valence-electron chi connectivity index (χ3n) is 4.75. The van der Waals surface area contributed by atoms with E-state index in [4.69, 9.17) is 0 Å². The summed E-state index contributed by atoms with van der Waals surface area (Å²) in [6.07, 6.45) is 13.3. The van der Waals surface area contributed by atoms with Crippen molar-refractivity contribution in [2.24, 2.45) is 0 Å². The number of hydrogen-bond acceptors (Lipinski definition) is 5. The summed E-state index contributed by atoms with van der Waals surface area (Å²) in [5, 5.41) is 8.97. The van der Waals surface area contributed by atoms with Gasteiger partial charge in [0, 0.05) is 36.6 Å². The van der Waals surface area contributed by atoms with Gasteiger partial charge in [0.15, 0.2) is 5.13 Å². The van der Waals surface area contributed by atoms with E-state index in [1.54, 1.807) is 12.4 Å². The molecular weight excluding hydrogens is 370 g/mol. The molecule has 0 unspecified atom stereocenters. The Bertz CT molecular complexity index is 941. The van der Waals surface area contributed by atoms with E-state index in [-0.39, 0.29) is 5.91 Å². The first-order valence-corrected chi connectivity index (χ1v) is 10.4. The summed E-state index contributed by atoms with van der Waals surface area (Å²) in [6, 6.07) is 8.01. The number of piperidine rings is 1. The monoisotopic (exact) mass is 393 g/mol. The van der Waals surface area contributed by atoms with Crippen LogP contribution in [0.1, 0.15) is 41.0 Å². The van der Waals surface area contributed by atoms with E-state index in [2.05, 4.69) is 26.7 Å². The Morgan fingerprint density at radius 1 is 1.32 bits per heavy atom. The Morgan fingerprint density at radius 3 is 3.04 bits per heavy atom. The number of amides is 1. The molecule has 4 heterocycles. The number of thiazole rings is 1. The van der Waals surface area contributed by atoms with Crippen LogP contribution in [0.15, 0.2) is 54.3 Å². The summed E-state index contributed by atoms with van der Waals surface area (Å²) >= 11 is 1.44. The highest BCUT2D eigenvalue weighted by Gasteiger charge is 2.13. The fraction of sp³-hybridized carbons (Fsp3) is 0.286. The summed E-state index contributed by atoms with van der Waals surface area (Å²) in [4.78, 5) is 21.2. The van der Waals surface area contributed by atoms with Crippen LogP contribution < -0.4 is 10.6 Å². The molecule has 4 rings (SSSR count). The Labute approximate surface area is 168 Å². The van der Waals surface area contributed by atoms with Gasteiger partial charge >= 0.3 is 0 Å². The Kier molecular flexibility index (Phi) is 5.94. The molecule has 0 aliphatic carbocycles. The number of hydrogen-bond donors (Lipinski definition) is 2. The highest BCUT2D eigenvalue weighted by Crippen LogP contribution is 2.19. The highest BCUT2D eigenvalue weighted by atomic mass is 32.1. The molecule has 0 bridgehead atoms. The fourth-order valence-corrected chi connectivity index (χ4v) is 3.96. The second-order valence-electron chi connectivity index (χ2n) is 6.82. The quantitative estimate of drug-likeness (QED) is 0.668. The van der Waals surface area contributed by atoms with Crippen molar-refractivity contribution in [3.8, 4) is 0 Å². The fourth-order valence-electron chi connectivity index (χ4n) is 3.28. The minimum Gasteiger partial charge on any atom is -0.339 e. The van der Waals surface area contributed by atoms with Gasteiger partial charge in [-0.15, -0.1) is 11.3 Å². The van der Waals surface area contributed by atoms with Gasteiger partial charge in [0.05, 0.1) is 5.69 Å². The molecule has 0 spiro atoms. The average molecular weight is 394 g/mol. The summed E-state index contributed by atoms with van der Waals surface area (Å²) in [6.45, 7) is 1.70. The maximum Gasteiger partial charge on any atom is 0.274 e. The van der Waals surface area contributed by atoms with Crippen molar-refractivity contribution in [2.75, 3.05) is 11.9 Å². The van der Waals surface area contributed by atoms with Crippen molar-refractivity contribution >= 4 is 28.5 Å². The maximum atomic E-state index is 12.7. The van der Waals surface area contributed by atoms with Gasteiger partial charge in [0.1, 0.15) is 5.69 Å². The van der Waals surface area contributed by atoms with E-state index >= 15 is 0 Å². The lowest BCUT2D eigenvalue weighted by Gasteiger charge is -2.19. The number of nitrogens with zero attached hydrogens (tertiary/aromatic N) is 3. The Morgan fingerprint density at radius 2 is 2.21 bits per heavy atom. The van der Waals surface area contributed by atoms with E-state index in [0.717, 1.165) is 17.8 Å². The van der Waals surface area contributed by atoms with Crippen LogP contribution in [0.5, 0.6) is 0 Å². The lowest BCUT2D eigenvalue weighted by atomic mass is 10.0. The predicted octanol–water partition coefficient (Wildman–Crippen LogP) is 3.80. The minimum atomic E-state index is -0.155. The van der Waals surface area contributed by atoms with E-state index in [1.807, 2.05) is 46.5 Å². The third-order valence-corrected chi connectivity index (χ3v) is 5.53. The number of pyridine rings is 1. The van der Waals surface area contributed by atoms with Gasteiger partial charge in [-0.3, -0.25) is 15.1 Å². The molecule has 1 fully saturated rings. The first-order valence-electron chi connectivity index (χ1n) is 9.50. The predicted molar refractivity (Wildman–Crippen MR) is 113 cm³/mol. The molecule has 1 aliphatic heterocycles. The number of anilines is 1. The number of nitrogens with one attached hydrogen (secondary N) is 2. The van der Waals surface area contributed by atoms with Gasteiger partial charge in [-0.25, -0.2) is 4.98 Å². The molecule has 1 amide bonds. The van der Waals surface area contributed by atoms with Crippen LogP contribution in [-0.2, 0) is 6.54 Å². The molecule has 3 aromatic heterocycles. The van der Waals surface area contributed by atoms with Crippen LogP contribution in [-0.4, -0.2) is 33.0 Å². The van der Waals surface area contributed by atoms with Crippen LogP contribution in [0.4, 0.5) is 5.13 Å². The SMILES string of the molecule is O=C(Nc1nc(/C=C/[C@@H]2CCCCN2)cs1)c1cccn1Cc1ccncc1. The van der Waals surface area contributed by atoms with Gasteiger partial charge in [0.25, 0.3) is 5.91 Å². The van der Waals surface area contributed by atoms with Crippen molar-refractivity contribution < 1.29 is 4.79 Å². The summed E-state index contributed by atoms with van der Waals surface area (Å²) in [5.74, 6) is -0.155. The van der Waals surface area contributed by atoms with Gasteiger partial charge in [-0.2, -0.15) is 0 Å². The molecule has 1 atom stereocenters. The molecule has 6 nitrogen and oxygen atoms in total. The van der Waals surface area contributed by atoms with Crippen LogP contribution in [0, 0.1) is 0 Å². The molecule has 2 N–H and O–H groups in total. The van der Waals surface area contributed by atoms with E-state index in [0.29, 0.717) is 23.4 Å². The zero-order chi connectivity index (χ0) is 19.2. The molecule has 28 heavy (non-hydrogen) atoms. The largest absolute Gasteiger partial charge is 0.339 e. The molecule has 1 aliphatic rings. The van der Waals surface area contributed by atoms with E-state index < -0.39 is 0 Å². The van der Waals surface area contributed by atoms with Crippen molar-refractivity contribution in [2.45, 2.75) is 31.8 Å². The summed E-state index contributed by atoms with van der Waals surface area (Å²) < 4.78 is 1.92. The molecule has 7 heteroatoms. The third kappa shape index (κ3) is 4.74. The van der Waals surface area contributed by atoms with Crippen molar-refractivity contribution in [1.29, 1.82) is 0 Å².